The molecule has 1 aliphatic heterocycles. The first-order valence-corrected chi connectivity index (χ1v) is 14.2. The number of carboxylic acid groups (broad SMARTS) is 1. The molecule has 2 aromatic carbocycles. The largest absolute Gasteiger partial charge is 0.491 e. The smallest absolute Gasteiger partial charge is 0.412 e. The lowest BCUT2D eigenvalue weighted by Crippen LogP contribution is -2.48. The van der Waals surface area contributed by atoms with Crippen LogP contribution in [0.25, 0.3) is 5.69 Å². The molecular weight excluding hydrogens is 556 g/mol. The van der Waals surface area contributed by atoms with Crippen LogP contribution in [0.2, 0.25) is 0 Å². The van der Waals surface area contributed by atoms with E-state index in [0.717, 1.165) is 23.0 Å². The molecule has 4 rings (SSSR count). The first-order valence-electron chi connectivity index (χ1n) is 14.2. The zero-order valence-electron chi connectivity index (χ0n) is 25.1. The summed E-state index contributed by atoms with van der Waals surface area (Å²) in [5, 5.41) is 12.9. The predicted octanol–water partition coefficient (Wildman–Crippen LogP) is 5.40. The van der Waals surface area contributed by atoms with Crippen LogP contribution in [0.5, 0.6) is 5.75 Å². The normalized spacial score (nSPS) is 14.5. The summed E-state index contributed by atoms with van der Waals surface area (Å²) in [6.07, 6.45) is 0.328. The fourth-order valence-corrected chi connectivity index (χ4v) is 4.72. The molecular formula is C31H38N4O8. The number of rotatable bonds is 9. The number of ether oxygens (including phenoxy) is 3. The van der Waals surface area contributed by atoms with Gasteiger partial charge in [0, 0.05) is 6.54 Å². The number of aromatic nitrogens is 2. The average Bonchev–Trinajstić information content (AvgIpc) is 3.23. The minimum absolute atomic E-state index is 0.0412. The summed E-state index contributed by atoms with van der Waals surface area (Å²) >= 11 is 0. The summed E-state index contributed by atoms with van der Waals surface area (Å²) in [5.41, 5.74) is -0.242. The number of nitrogens with zero attached hydrogens (tertiary/aromatic N) is 3. The second kappa shape index (κ2) is 13.1. The molecule has 1 atom stereocenters. The Kier molecular flexibility index (Phi) is 9.47. The lowest BCUT2D eigenvalue weighted by Gasteiger charge is -2.35. The van der Waals surface area contributed by atoms with Crippen molar-refractivity contribution in [3.63, 3.8) is 0 Å². The Morgan fingerprint density at radius 3 is 2.47 bits per heavy atom. The first-order chi connectivity index (χ1) is 20.4. The SMILES string of the molecule is CCCCOc1ccc(-n2c(C(=O)O)c3n(c2=O)CC(C)N(C(=O)OC(C)(C)C)C3)cc1NC(=O)OCc1ccccc1. The number of hydrogen-bond acceptors (Lipinski definition) is 7. The van der Waals surface area contributed by atoms with Crippen LogP contribution in [0.15, 0.2) is 53.3 Å². The van der Waals surface area contributed by atoms with Gasteiger partial charge in [0.05, 0.1) is 36.3 Å². The van der Waals surface area contributed by atoms with Gasteiger partial charge in [0.25, 0.3) is 0 Å². The zero-order valence-corrected chi connectivity index (χ0v) is 25.1. The average molecular weight is 595 g/mol. The van der Waals surface area contributed by atoms with E-state index < -0.39 is 35.5 Å². The van der Waals surface area contributed by atoms with E-state index in [4.69, 9.17) is 14.2 Å². The van der Waals surface area contributed by atoms with Crippen molar-refractivity contribution in [3.8, 4) is 11.4 Å². The van der Waals surface area contributed by atoms with E-state index in [-0.39, 0.29) is 42.5 Å². The Labute approximate surface area is 249 Å². The van der Waals surface area contributed by atoms with Gasteiger partial charge in [-0.3, -0.25) is 19.4 Å². The second-order valence-corrected chi connectivity index (χ2v) is 11.4. The lowest BCUT2D eigenvalue weighted by atomic mass is 10.1. The molecule has 2 amide bonds. The number of amides is 2. The zero-order chi connectivity index (χ0) is 31.3. The van der Waals surface area contributed by atoms with Crippen molar-refractivity contribution in [3.05, 3.63) is 76.0 Å². The summed E-state index contributed by atoms with van der Waals surface area (Å²) in [4.78, 5) is 53.3. The molecule has 230 valence electrons. The van der Waals surface area contributed by atoms with Gasteiger partial charge in [0.2, 0.25) is 0 Å². The highest BCUT2D eigenvalue weighted by atomic mass is 16.6. The van der Waals surface area contributed by atoms with Crippen LogP contribution in [0.3, 0.4) is 0 Å². The fourth-order valence-electron chi connectivity index (χ4n) is 4.72. The van der Waals surface area contributed by atoms with Crippen LogP contribution in [0.4, 0.5) is 15.3 Å². The molecule has 12 heteroatoms. The van der Waals surface area contributed by atoms with Gasteiger partial charge < -0.3 is 19.3 Å². The number of imidazole rings is 1. The van der Waals surface area contributed by atoms with Crippen LogP contribution in [-0.4, -0.2) is 55.5 Å². The van der Waals surface area contributed by atoms with Gasteiger partial charge >= 0.3 is 23.8 Å². The topological polar surface area (TPSA) is 141 Å². The summed E-state index contributed by atoms with van der Waals surface area (Å²) in [5.74, 6) is -1.00. The minimum atomic E-state index is -1.34. The van der Waals surface area contributed by atoms with Crippen molar-refractivity contribution < 1.29 is 33.7 Å². The summed E-state index contributed by atoms with van der Waals surface area (Å²) in [6, 6.07) is 13.4. The Morgan fingerprint density at radius 1 is 1.09 bits per heavy atom. The van der Waals surface area contributed by atoms with Gasteiger partial charge in [-0.25, -0.2) is 19.2 Å². The van der Waals surface area contributed by atoms with E-state index in [0.29, 0.717) is 12.4 Å². The monoisotopic (exact) mass is 594 g/mol. The van der Waals surface area contributed by atoms with Crippen LogP contribution >= 0.6 is 0 Å². The molecule has 0 bridgehead atoms. The Bertz CT molecular complexity index is 1540. The number of nitrogens with one attached hydrogen (secondary N) is 1. The molecule has 12 nitrogen and oxygen atoms in total. The molecule has 1 aromatic heterocycles. The highest BCUT2D eigenvalue weighted by Gasteiger charge is 2.36. The number of carbonyl (C=O) groups excluding carboxylic acids is 2. The predicted molar refractivity (Wildman–Crippen MR) is 159 cm³/mol. The van der Waals surface area contributed by atoms with E-state index in [2.05, 4.69) is 5.32 Å². The van der Waals surface area contributed by atoms with Gasteiger partial charge in [-0.1, -0.05) is 43.7 Å². The van der Waals surface area contributed by atoms with Crippen LogP contribution < -0.4 is 15.7 Å². The van der Waals surface area contributed by atoms with Crippen molar-refractivity contribution in [1.82, 2.24) is 14.0 Å². The van der Waals surface area contributed by atoms with Crippen molar-refractivity contribution in [2.75, 3.05) is 11.9 Å². The maximum Gasteiger partial charge on any atom is 0.412 e. The summed E-state index contributed by atoms with van der Waals surface area (Å²) in [6.45, 7) is 9.40. The number of aromatic carboxylic acids is 1. The second-order valence-electron chi connectivity index (χ2n) is 11.4. The molecule has 2 heterocycles. The molecule has 0 saturated carbocycles. The third-order valence-electron chi connectivity index (χ3n) is 6.80. The molecule has 0 spiro atoms. The third-order valence-corrected chi connectivity index (χ3v) is 6.80. The highest BCUT2D eigenvalue weighted by Crippen LogP contribution is 2.30. The van der Waals surface area contributed by atoms with E-state index in [1.165, 1.54) is 15.5 Å². The minimum Gasteiger partial charge on any atom is -0.491 e. The molecule has 3 aromatic rings. The molecule has 0 fully saturated rings. The highest BCUT2D eigenvalue weighted by molar-refractivity contribution is 5.89. The maximum absolute atomic E-state index is 13.7. The first kappa shape index (κ1) is 31.2. The van der Waals surface area contributed by atoms with Gasteiger partial charge in [0.15, 0.2) is 5.69 Å². The van der Waals surface area contributed by atoms with E-state index in [1.54, 1.807) is 39.8 Å². The Morgan fingerprint density at radius 2 is 1.81 bits per heavy atom. The molecule has 1 aliphatic rings. The summed E-state index contributed by atoms with van der Waals surface area (Å²) < 4.78 is 19.2. The summed E-state index contributed by atoms with van der Waals surface area (Å²) in [7, 11) is 0. The van der Waals surface area contributed by atoms with Crippen LogP contribution in [0, 0.1) is 0 Å². The lowest BCUT2D eigenvalue weighted by molar-refractivity contribution is 0.00937. The van der Waals surface area contributed by atoms with Crippen LogP contribution in [-0.2, 0) is 29.2 Å². The number of anilines is 1. The van der Waals surface area contributed by atoms with Crippen molar-refractivity contribution in [1.29, 1.82) is 0 Å². The number of unbranched alkanes of at least 4 members (excludes halogenated alkanes) is 1. The van der Waals surface area contributed by atoms with E-state index >= 15 is 0 Å². The van der Waals surface area contributed by atoms with E-state index in [9.17, 15) is 24.3 Å². The fraction of sp³-hybridized carbons (Fsp3) is 0.419. The van der Waals surface area contributed by atoms with E-state index in [1.807, 2.05) is 37.3 Å². The molecule has 0 aliphatic carbocycles. The third kappa shape index (κ3) is 7.37. The van der Waals surface area contributed by atoms with Gasteiger partial charge in [-0.2, -0.15) is 0 Å². The van der Waals surface area contributed by atoms with Crippen molar-refractivity contribution >= 4 is 23.8 Å². The number of carboxylic acids is 1. The quantitative estimate of drug-likeness (QED) is 0.314. The Balaban J connectivity index is 1.70. The van der Waals surface area contributed by atoms with Crippen LogP contribution in [0.1, 0.15) is 69.2 Å². The van der Waals surface area contributed by atoms with Crippen molar-refractivity contribution in [2.45, 2.75) is 78.8 Å². The molecule has 1 unspecified atom stereocenters. The number of carbonyl (C=O) groups is 3. The number of fused-ring (bicyclic) bond motifs is 1. The van der Waals surface area contributed by atoms with Gasteiger partial charge in [-0.05, 0) is 57.9 Å². The molecule has 2 N–H and O–H groups in total. The Hall–Kier alpha value is -4.74. The standard InChI is InChI=1S/C31H38N4O8/c1-6-7-15-41-25-14-13-22(16-23(25)32-28(38)42-19-21-11-9-8-10-12-21)35-26(27(36)37)24-18-33(30(40)43-31(3,4)5)20(2)17-34(24)29(35)39/h8-14,16,20H,6-7,15,17-19H2,1-5H3,(H,32,38)(H,36,37). The number of hydrogen-bond donors (Lipinski definition) is 2. The molecule has 0 saturated heterocycles. The maximum atomic E-state index is 13.7. The number of benzene rings is 2. The molecule has 0 radical (unpaired) electrons. The van der Waals surface area contributed by atoms with Gasteiger partial charge in [-0.15, -0.1) is 0 Å². The van der Waals surface area contributed by atoms with Crippen molar-refractivity contribution in [2.24, 2.45) is 0 Å². The molecule has 43 heavy (non-hydrogen) atoms. The van der Waals surface area contributed by atoms with Gasteiger partial charge in [0.1, 0.15) is 18.0 Å².